The molecule has 0 fully saturated rings. The van der Waals surface area contributed by atoms with Crippen LogP contribution in [0.15, 0.2) is 0 Å². The Morgan fingerprint density at radius 2 is 1.31 bits per heavy atom. The molecule has 0 aliphatic rings. The summed E-state index contributed by atoms with van der Waals surface area (Å²) in [7, 11) is 0. The normalized spacial score (nSPS) is 15.0. The van der Waals surface area contributed by atoms with Gasteiger partial charge in [-0.15, -0.1) is 0 Å². The predicted octanol–water partition coefficient (Wildman–Crippen LogP) is 3.72. The third-order valence-electron chi connectivity index (χ3n) is 2.28. The molecule has 0 saturated heterocycles. The Morgan fingerprint density at radius 1 is 0.750 bits per heavy atom. The minimum atomic E-state index is -0.119. The highest BCUT2D eigenvalue weighted by Gasteiger charge is 2.14. The summed E-state index contributed by atoms with van der Waals surface area (Å²) >= 11 is 0. The molecule has 0 aromatic rings. The van der Waals surface area contributed by atoms with E-state index in [0.29, 0.717) is 0 Å². The van der Waals surface area contributed by atoms with E-state index in [4.69, 9.17) is 14.2 Å². The molecular formula is C13H28O3. The van der Waals surface area contributed by atoms with Crippen LogP contribution in [0.5, 0.6) is 0 Å². The number of hydrogen-bond donors (Lipinski definition) is 0. The van der Waals surface area contributed by atoms with Crippen LogP contribution in [0.4, 0.5) is 0 Å². The smallest absolute Gasteiger partial charge is 0.160 e. The molecule has 0 spiro atoms. The van der Waals surface area contributed by atoms with Gasteiger partial charge in [0.15, 0.2) is 12.6 Å². The third-order valence-corrected chi connectivity index (χ3v) is 2.28. The van der Waals surface area contributed by atoms with Gasteiger partial charge in [0.1, 0.15) is 0 Å². The number of rotatable bonds is 11. The van der Waals surface area contributed by atoms with Crippen molar-refractivity contribution in [3.8, 4) is 0 Å². The van der Waals surface area contributed by atoms with Gasteiger partial charge in [-0.05, 0) is 25.7 Å². The molecule has 0 amide bonds. The summed E-state index contributed by atoms with van der Waals surface area (Å²) in [5.41, 5.74) is 0. The summed E-state index contributed by atoms with van der Waals surface area (Å²) in [6.07, 6.45) is 4.77. The molecule has 0 aliphatic carbocycles. The fourth-order valence-electron chi connectivity index (χ4n) is 1.28. The summed E-state index contributed by atoms with van der Waals surface area (Å²) in [5.74, 6) is 0. The Balaban J connectivity index is 3.77. The summed E-state index contributed by atoms with van der Waals surface area (Å²) in [4.78, 5) is 0. The van der Waals surface area contributed by atoms with Crippen molar-refractivity contribution in [3.63, 3.8) is 0 Å². The molecule has 16 heavy (non-hydrogen) atoms. The zero-order valence-corrected chi connectivity index (χ0v) is 11.3. The topological polar surface area (TPSA) is 27.7 Å². The standard InChI is InChI=1S/C13H28O3/c1-5-9-11-15-13(8-4)16-12(7-3)14-10-6-2/h12-13H,5-11H2,1-4H3. The van der Waals surface area contributed by atoms with Gasteiger partial charge >= 0.3 is 0 Å². The van der Waals surface area contributed by atoms with E-state index in [1.54, 1.807) is 0 Å². The fourth-order valence-corrected chi connectivity index (χ4v) is 1.28. The Bertz CT molecular complexity index is 139. The molecule has 0 saturated carbocycles. The van der Waals surface area contributed by atoms with Gasteiger partial charge < -0.3 is 14.2 Å². The van der Waals surface area contributed by atoms with Crippen molar-refractivity contribution in [2.45, 2.75) is 72.4 Å². The van der Waals surface area contributed by atoms with E-state index >= 15 is 0 Å². The lowest BCUT2D eigenvalue weighted by Gasteiger charge is -2.23. The molecule has 0 aromatic carbocycles. The zero-order chi connectivity index (χ0) is 12.2. The first-order valence-electron chi connectivity index (χ1n) is 6.67. The van der Waals surface area contributed by atoms with Gasteiger partial charge in [0.05, 0.1) is 0 Å². The number of hydrogen-bond acceptors (Lipinski definition) is 3. The molecule has 0 radical (unpaired) electrons. The molecule has 3 nitrogen and oxygen atoms in total. The minimum absolute atomic E-state index is 0.117. The van der Waals surface area contributed by atoms with Gasteiger partial charge in [-0.1, -0.05) is 34.1 Å². The van der Waals surface area contributed by atoms with Crippen molar-refractivity contribution in [2.24, 2.45) is 0 Å². The van der Waals surface area contributed by atoms with Gasteiger partial charge in [-0.3, -0.25) is 0 Å². The first kappa shape index (κ1) is 15.9. The van der Waals surface area contributed by atoms with E-state index in [1.165, 1.54) is 0 Å². The maximum Gasteiger partial charge on any atom is 0.160 e. The van der Waals surface area contributed by atoms with Gasteiger partial charge in [0.25, 0.3) is 0 Å². The molecule has 0 rings (SSSR count). The van der Waals surface area contributed by atoms with Crippen LogP contribution in [0, 0.1) is 0 Å². The van der Waals surface area contributed by atoms with E-state index in [1.807, 2.05) is 0 Å². The quantitative estimate of drug-likeness (QED) is 0.401. The van der Waals surface area contributed by atoms with Crippen molar-refractivity contribution in [1.82, 2.24) is 0 Å². The van der Waals surface area contributed by atoms with Crippen molar-refractivity contribution in [1.29, 1.82) is 0 Å². The first-order chi connectivity index (χ1) is 7.78. The molecular weight excluding hydrogens is 204 g/mol. The first-order valence-corrected chi connectivity index (χ1v) is 6.67. The largest absolute Gasteiger partial charge is 0.353 e. The fraction of sp³-hybridized carbons (Fsp3) is 1.00. The highest BCUT2D eigenvalue weighted by Crippen LogP contribution is 2.10. The summed E-state index contributed by atoms with van der Waals surface area (Å²) < 4.78 is 17.0. The second-order valence-corrected chi connectivity index (χ2v) is 3.91. The Morgan fingerprint density at radius 3 is 1.75 bits per heavy atom. The average molecular weight is 232 g/mol. The molecule has 0 bridgehead atoms. The Labute approximate surface area is 100 Å². The van der Waals surface area contributed by atoms with E-state index in [9.17, 15) is 0 Å². The molecule has 98 valence electrons. The van der Waals surface area contributed by atoms with Crippen molar-refractivity contribution < 1.29 is 14.2 Å². The molecule has 0 aliphatic heterocycles. The molecule has 2 unspecified atom stereocenters. The van der Waals surface area contributed by atoms with E-state index < -0.39 is 0 Å². The van der Waals surface area contributed by atoms with E-state index in [0.717, 1.165) is 45.3 Å². The number of ether oxygens (including phenoxy) is 3. The summed E-state index contributed by atoms with van der Waals surface area (Å²) in [6, 6.07) is 0. The lowest BCUT2D eigenvalue weighted by Crippen LogP contribution is -2.26. The van der Waals surface area contributed by atoms with Gasteiger partial charge in [-0.25, -0.2) is 0 Å². The van der Waals surface area contributed by atoms with Crippen LogP contribution in [-0.2, 0) is 14.2 Å². The van der Waals surface area contributed by atoms with Gasteiger partial charge in [0, 0.05) is 13.2 Å². The SMILES string of the molecule is CCCCOC(CC)OC(CC)OCCC. The Hall–Kier alpha value is -0.120. The van der Waals surface area contributed by atoms with Crippen molar-refractivity contribution in [3.05, 3.63) is 0 Å². The van der Waals surface area contributed by atoms with Crippen LogP contribution in [0.2, 0.25) is 0 Å². The molecule has 0 aromatic heterocycles. The maximum absolute atomic E-state index is 5.75. The van der Waals surface area contributed by atoms with Crippen LogP contribution in [0.25, 0.3) is 0 Å². The lowest BCUT2D eigenvalue weighted by atomic mass is 10.3. The van der Waals surface area contributed by atoms with Crippen LogP contribution < -0.4 is 0 Å². The molecule has 3 heteroatoms. The van der Waals surface area contributed by atoms with E-state index in [-0.39, 0.29) is 12.6 Å². The predicted molar refractivity (Wildman–Crippen MR) is 66.3 cm³/mol. The number of unbranched alkanes of at least 4 members (excludes halogenated alkanes) is 1. The molecule has 0 N–H and O–H groups in total. The molecule has 0 heterocycles. The third kappa shape index (κ3) is 8.08. The second-order valence-electron chi connectivity index (χ2n) is 3.91. The lowest BCUT2D eigenvalue weighted by molar-refractivity contribution is -0.246. The van der Waals surface area contributed by atoms with Gasteiger partial charge in [-0.2, -0.15) is 0 Å². The van der Waals surface area contributed by atoms with Crippen LogP contribution >= 0.6 is 0 Å². The maximum atomic E-state index is 5.75. The van der Waals surface area contributed by atoms with Crippen molar-refractivity contribution >= 4 is 0 Å². The van der Waals surface area contributed by atoms with Crippen molar-refractivity contribution in [2.75, 3.05) is 13.2 Å². The highest BCUT2D eigenvalue weighted by atomic mass is 16.8. The summed E-state index contributed by atoms with van der Waals surface area (Å²) in [6.45, 7) is 9.93. The van der Waals surface area contributed by atoms with Crippen LogP contribution in [0.1, 0.15) is 59.8 Å². The average Bonchev–Trinajstić information content (AvgIpc) is 2.32. The highest BCUT2D eigenvalue weighted by molar-refractivity contribution is 4.46. The second kappa shape index (κ2) is 11.4. The summed E-state index contributed by atoms with van der Waals surface area (Å²) in [5, 5.41) is 0. The van der Waals surface area contributed by atoms with Crippen LogP contribution in [0.3, 0.4) is 0 Å². The van der Waals surface area contributed by atoms with E-state index in [2.05, 4.69) is 27.7 Å². The van der Waals surface area contributed by atoms with Gasteiger partial charge in [0.2, 0.25) is 0 Å². The Kier molecular flexibility index (Phi) is 11.3. The molecule has 2 atom stereocenters. The monoisotopic (exact) mass is 232 g/mol. The minimum Gasteiger partial charge on any atom is -0.353 e. The zero-order valence-electron chi connectivity index (χ0n) is 11.3. The van der Waals surface area contributed by atoms with Crippen LogP contribution in [-0.4, -0.2) is 25.8 Å².